The molecule has 0 bridgehead atoms. The number of carbonyl (C=O) groups is 1. The minimum atomic E-state index is -0.503. The summed E-state index contributed by atoms with van der Waals surface area (Å²) in [6.45, 7) is 0. The lowest BCUT2D eigenvalue weighted by atomic mass is 9.89. The molecular weight excluding hydrogens is 363 g/mol. The van der Waals surface area contributed by atoms with Crippen molar-refractivity contribution in [1.82, 2.24) is 5.32 Å². The lowest BCUT2D eigenvalue weighted by Gasteiger charge is -2.34. The van der Waals surface area contributed by atoms with E-state index in [1.165, 1.54) is 12.1 Å². The highest BCUT2D eigenvalue weighted by Crippen LogP contribution is 2.24. The topological polar surface area (TPSA) is 81.5 Å². The van der Waals surface area contributed by atoms with Crippen LogP contribution >= 0.6 is 22.6 Å². The Kier molecular flexibility index (Phi) is 4.35. The van der Waals surface area contributed by atoms with Crippen molar-refractivity contribution in [1.29, 1.82) is 0 Å². The molecule has 0 aromatic heterocycles. The van der Waals surface area contributed by atoms with Gasteiger partial charge in [-0.25, -0.2) is 0 Å². The number of amides is 1. The van der Waals surface area contributed by atoms with Gasteiger partial charge in [0.05, 0.1) is 16.6 Å². The molecule has 0 aliphatic heterocycles. The van der Waals surface area contributed by atoms with Crippen LogP contribution in [0.25, 0.3) is 0 Å². The Morgan fingerprint density at radius 1 is 1.53 bits per heavy atom. The molecule has 7 heteroatoms. The fourth-order valence-corrected chi connectivity index (χ4v) is 2.52. The molecule has 0 atom stereocenters. The van der Waals surface area contributed by atoms with Crippen molar-refractivity contribution in [2.45, 2.75) is 25.0 Å². The van der Waals surface area contributed by atoms with E-state index in [1.807, 2.05) is 22.6 Å². The Balaban J connectivity index is 2.06. The van der Waals surface area contributed by atoms with E-state index in [0.29, 0.717) is 9.13 Å². The normalized spacial score (nSPS) is 21.6. The van der Waals surface area contributed by atoms with E-state index in [4.69, 9.17) is 4.74 Å². The van der Waals surface area contributed by atoms with Crippen LogP contribution in [0.15, 0.2) is 18.2 Å². The molecule has 1 aliphatic carbocycles. The number of carbonyl (C=O) groups excluding carboxylic acids is 1. The zero-order chi connectivity index (χ0) is 14.0. The third-order valence-corrected chi connectivity index (χ3v) is 4.11. The van der Waals surface area contributed by atoms with Gasteiger partial charge in [0.2, 0.25) is 0 Å². The minimum absolute atomic E-state index is 0.0751. The van der Waals surface area contributed by atoms with E-state index in [9.17, 15) is 14.9 Å². The number of hydrogen-bond donors (Lipinski definition) is 1. The third-order valence-electron chi connectivity index (χ3n) is 3.17. The standard InChI is InChI=1S/C12H13IN2O4/c1-19-9-4-7(5-9)14-12(16)10-6-8(15(17)18)2-3-11(10)13/h2-3,6-7,9H,4-5H2,1H3,(H,14,16). The van der Waals surface area contributed by atoms with Crippen molar-refractivity contribution in [3.63, 3.8) is 0 Å². The van der Waals surface area contributed by atoms with E-state index in [-0.39, 0.29) is 23.7 Å². The maximum atomic E-state index is 12.1. The Labute approximate surface area is 123 Å². The van der Waals surface area contributed by atoms with Crippen LogP contribution in [0.1, 0.15) is 23.2 Å². The summed E-state index contributed by atoms with van der Waals surface area (Å²) in [5.74, 6) is -0.271. The molecule has 1 aliphatic rings. The number of nitrogens with one attached hydrogen (secondary N) is 1. The smallest absolute Gasteiger partial charge is 0.270 e. The van der Waals surface area contributed by atoms with Gasteiger partial charge in [-0.1, -0.05) is 0 Å². The average Bonchev–Trinajstić information content (AvgIpc) is 2.33. The summed E-state index contributed by atoms with van der Waals surface area (Å²) in [5, 5.41) is 13.6. The molecule has 0 unspecified atom stereocenters. The van der Waals surface area contributed by atoms with Crippen LogP contribution in [-0.4, -0.2) is 30.1 Å². The molecule has 0 saturated heterocycles. The summed E-state index contributed by atoms with van der Waals surface area (Å²) < 4.78 is 5.83. The number of halogens is 1. The molecule has 102 valence electrons. The van der Waals surface area contributed by atoms with Crippen molar-refractivity contribution in [2.75, 3.05) is 7.11 Å². The maximum absolute atomic E-state index is 12.1. The first-order valence-electron chi connectivity index (χ1n) is 5.79. The van der Waals surface area contributed by atoms with Gasteiger partial charge in [-0.3, -0.25) is 14.9 Å². The first-order valence-corrected chi connectivity index (χ1v) is 6.86. The Morgan fingerprint density at radius 2 is 2.21 bits per heavy atom. The second-order valence-corrected chi connectivity index (χ2v) is 5.58. The maximum Gasteiger partial charge on any atom is 0.270 e. The zero-order valence-electron chi connectivity index (χ0n) is 10.3. The van der Waals surface area contributed by atoms with E-state index in [2.05, 4.69) is 5.32 Å². The molecule has 1 amide bonds. The molecule has 2 rings (SSSR count). The van der Waals surface area contributed by atoms with Crippen molar-refractivity contribution < 1.29 is 14.5 Å². The molecule has 1 N–H and O–H groups in total. The van der Waals surface area contributed by atoms with Gasteiger partial charge in [-0.15, -0.1) is 0 Å². The minimum Gasteiger partial charge on any atom is -0.381 e. The number of methoxy groups -OCH3 is 1. The van der Waals surface area contributed by atoms with E-state index in [1.54, 1.807) is 13.2 Å². The van der Waals surface area contributed by atoms with Gasteiger partial charge >= 0.3 is 0 Å². The van der Waals surface area contributed by atoms with Crippen LogP contribution < -0.4 is 5.32 Å². The van der Waals surface area contributed by atoms with Crippen LogP contribution in [0.5, 0.6) is 0 Å². The average molecular weight is 376 g/mol. The number of nitrogens with zero attached hydrogens (tertiary/aromatic N) is 1. The van der Waals surface area contributed by atoms with Gasteiger partial charge in [0.25, 0.3) is 11.6 Å². The van der Waals surface area contributed by atoms with Gasteiger partial charge < -0.3 is 10.1 Å². The van der Waals surface area contributed by atoms with Crippen molar-refractivity contribution in [3.05, 3.63) is 37.4 Å². The lowest BCUT2D eigenvalue weighted by Crippen LogP contribution is -2.47. The van der Waals surface area contributed by atoms with E-state index < -0.39 is 4.92 Å². The quantitative estimate of drug-likeness (QED) is 0.496. The SMILES string of the molecule is COC1CC(NC(=O)c2cc([N+](=O)[O-])ccc2I)C1. The highest BCUT2D eigenvalue weighted by Gasteiger charge is 2.30. The van der Waals surface area contributed by atoms with Crippen LogP contribution in [-0.2, 0) is 4.74 Å². The molecule has 1 saturated carbocycles. The monoisotopic (exact) mass is 376 g/mol. The van der Waals surface area contributed by atoms with Crippen molar-refractivity contribution >= 4 is 34.2 Å². The highest BCUT2D eigenvalue weighted by atomic mass is 127. The summed E-state index contributed by atoms with van der Waals surface area (Å²) in [6.07, 6.45) is 1.77. The summed E-state index contributed by atoms with van der Waals surface area (Å²) >= 11 is 2.00. The molecule has 6 nitrogen and oxygen atoms in total. The molecule has 1 aromatic carbocycles. The largest absolute Gasteiger partial charge is 0.381 e. The number of rotatable bonds is 4. The molecule has 0 radical (unpaired) electrons. The predicted octanol–water partition coefficient (Wildman–Crippen LogP) is 2.11. The van der Waals surface area contributed by atoms with Crippen LogP contribution in [0.2, 0.25) is 0 Å². The van der Waals surface area contributed by atoms with Crippen LogP contribution in [0.4, 0.5) is 5.69 Å². The van der Waals surface area contributed by atoms with Gasteiger partial charge in [-0.2, -0.15) is 0 Å². The van der Waals surface area contributed by atoms with Gasteiger partial charge in [0.1, 0.15) is 0 Å². The first kappa shape index (κ1) is 14.2. The lowest BCUT2D eigenvalue weighted by molar-refractivity contribution is -0.384. The number of ether oxygens (including phenoxy) is 1. The first-order chi connectivity index (χ1) is 9.01. The second-order valence-electron chi connectivity index (χ2n) is 4.42. The number of non-ortho nitro benzene ring substituents is 1. The predicted molar refractivity (Wildman–Crippen MR) is 77.1 cm³/mol. The van der Waals surface area contributed by atoms with Crippen molar-refractivity contribution in [3.8, 4) is 0 Å². The highest BCUT2D eigenvalue weighted by molar-refractivity contribution is 14.1. The summed E-state index contributed by atoms with van der Waals surface area (Å²) in [4.78, 5) is 22.3. The summed E-state index contributed by atoms with van der Waals surface area (Å²) in [5.41, 5.74) is 0.268. The second kappa shape index (κ2) is 5.83. The summed E-state index contributed by atoms with van der Waals surface area (Å²) in [7, 11) is 1.65. The number of nitro groups is 1. The fourth-order valence-electron chi connectivity index (χ4n) is 1.94. The number of nitro benzene ring substituents is 1. The van der Waals surface area contributed by atoms with E-state index >= 15 is 0 Å². The fraction of sp³-hybridized carbons (Fsp3) is 0.417. The Hall–Kier alpha value is -1.22. The zero-order valence-corrected chi connectivity index (χ0v) is 12.4. The molecule has 0 heterocycles. The molecular formula is C12H13IN2O4. The third kappa shape index (κ3) is 3.21. The van der Waals surface area contributed by atoms with Gasteiger partial charge in [0.15, 0.2) is 0 Å². The number of benzene rings is 1. The Bertz CT molecular complexity index is 514. The summed E-state index contributed by atoms with van der Waals surface area (Å²) in [6, 6.07) is 4.37. The van der Waals surface area contributed by atoms with E-state index in [0.717, 1.165) is 12.8 Å². The van der Waals surface area contributed by atoms with Gasteiger partial charge in [0, 0.05) is 28.9 Å². The Morgan fingerprint density at radius 3 is 2.79 bits per heavy atom. The number of hydrogen-bond acceptors (Lipinski definition) is 4. The van der Waals surface area contributed by atoms with Crippen molar-refractivity contribution in [2.24, 2.45) is 0 Å². The van der Waals surface area contributed by atoms with Gasteiger partial charge in [-0.05, 0) is 41.5 Å². The van der Waals surface area contributed by atoms with Crippen LogP contribution in [0, 0.1) is 13.7 Å². The van der Waals surface area contributed by atoms with Crippen LogP contribution in [0.3, 0.4) is 0 Å². The molecule has 19 heavy (non-hydrogen) atoms. The molecule has 0 spiro atoms. The molecule has 1 aromatic rings. The molecule has 1 fully saturated rings.